The van der Waals surface area contributed by atoms with Crippen molar-refractivity contribution in [3.8, 4) is 11.5 Å². The highest BCUT2D eigenvalue weighted by atomic mass is 16.5. The number of anilines is 2. The van der Waals surface area contributed by atoms with E-state index in [0.29, 0.717) is 12.3 Å². The summed E-state index contributed by atoms with van der Waals surface area (Å²) in [6, 6.07) is 20.3. The molecule has 134 valence electrons. The maximum absolute atomic E-state index is 6.12. The van der Waals surface area contributed by atoms with Crippen LogP contribution in [0.5, 0.6) is 11.5 Å². The summed E-state index contributed by atoms with van der Waals surface area (Å²) in [5.41, 5.74) is 7.44. The van der Waals surface area contributed by atoms with Crippen LogP contribution in [0.3, 0.4) is 0 Å². The summed E-state index contributed by atoms with van der Waals surface area (Å²) in [6.07, 6.45) is 0. The molecule has 1 aliphatic rings. The lowest BCUT2D eigenvalue weighted by Crippen LogP contribution is -2.48. The van der Waals surface area contributed by atoms with Gasteiger partial charge in [0, 0.05) is 17.1 Å². The molecule has 0 spiro atoms. The van der Waals surface area contributed by atoms with E-state index in [1.54, 1.807) is 0 Å². The molecule has 0 radical (unpaired) electrons. The Kier molecular flexibility index (Phi) is 4.11. The average molecular weight is 348 g/mol. The summed E-state index contributed by atoms with van der Waals surface area (Å²) in [6.45, 7) is 6.39. The summed E-state index contributed by atoms with van der Waals surface area (Å²) >= 11 is 0. The fourth-order valence-corrected chi connectivity index (χ4v) is 3.54. The zero-order valence-electron chi connectivity index (χ0n) is 15.2. The second-order valence-electron chi connectivity index (χ2n) is 7.34. The van der Waals surface area contributed by atoms with Crippen molar-refractivity contribution in [3.63, 3.8) is 0 Å². The highest BCUT2D eigenvalue weighted by Gasteiger charge is 2.31. The van der Waals surface area contributed by atoms with Gasteiger partial charge in [0.05, 0.1) is 18.8 Å². The minimum absolute atomic E-state index is 0.264. The first-order valence-electron chi connectivity index (χ1n) is 8.96. The van der Waals surface area contributed by atoms with Gasteiger partial charge in [0.2, 0.25) is 0 Å². The molecular weight excluding hydrogens is 324 g/mol. The van der Waals surface area contributed by atoms with Crippen LogP contribution in [-0.4, -0.2) is 25.3 Å². The lowest BCUT2D eigenvalue weighted by atomic mass is 10.0. The van der Waals surface area contributed by atoms with E-state index in [4.69, 9.17) is 15.2 Å². The van der Waals surface area contributed by atoms with Gasteiger partial charge in [0.15, 0.2) is 0 Å². The summed E-state index contributed by atoms with van der Waals surface area (Å²) in [7, 11) is 0. The van der Waals surface area contributed by atoms with Crippen molar-refractivity contribution in [1.29, 1.82) is 0 Å². The molecule has 3 aromatic rings. The van der Waals surface area contributed by atoms with Gasteiger partial charge in [-0.25, -0.2) is 0 Å². The van der Waals surface area contributed by atoms with Crippen LogP contribution >= 0.6 is 0 Å². The Balaban J connectivity index is 1.51. The van der Waals surface area contributed by atoms with Crippen LogP contribution < -0.4 is 20.1 Å². The van der Waals surface area contributed by atoms with E-state index in [1.807, 2.05) is 42.5 Å². The van der Waals surface area contributed by atoms with E-state index in [9.17, 15) is 0 Å². The maximum Gasteiger partial charge on any atom is 0.145 e. The zero-order chi connectivity index (χ0) is 18.1. The highest BCUT2D eigenvalue weighted by Crippen LogP contribution is 2.38. The Morgan fingerprint density at radius 3 is 2.77 bits per heavy atom. The van der Waals surface area contributed by atoms with Crippen LogP contribution in [-0.2, 0) is 0 Å². The maximum atomic E-state index is 6.12. The van der Waals surface area contributed by atoms with Gasteiger partial charge in [0.25, 0.3) is 0 Å². The highest BCUT2D eigenvalue weighted by molar-refractivity contribution is 5.88. The molecule has 4 heteroatoms. The standard InChI is InChI=1S/C22H24N2O2/c1-22(2)15-24(19-11-10-17(23)14-21(19)26-22)12-13-25-20-9-5-7-16-6-3-4-8-18(16)20/h3-11,14H,12-13,15,23H2,1-2H3. The molecule has 0 unspecified atom stereocenters. The smallest absolute Gasteiger partial charge is 0.145 e. The molecule has 0 aliphatic carbocycles. The van der Waals surface area contributed by atoms with E-state index in [0.717, 1.165) is 35.7 Å². The number of hydrogen-bond donors (Lipinski definition) is 1. The topological polar surface area (TPSA) is 47.7 Å². The number of rotatable bonds is 4. The predicted octanol–water partition coefficient (Wildman–Crippen LogP) is 4.48. The Morgan fingerprint density at radius 2 is 1.88 bits per heavy atom. The molecule has 0 saturated carbocycles. The number of benzene rings is 3. The molecule has 1 aliphatic heterocycles. The number of nitrogen functional groups attached to an aromatic ring is 1. The molecular formula is C22H24N2O2. The SMILES string of the molecule is CC1(C)CN(CCOc2cccc3ccccc23)c2ccc(N)cc2O1. The molecule has 2 N–H and O–H groups in total. The molecule has 0 fully saturated rings. The third-order valence-electron chi connectivity index (χ3n) is 4.65. The molecule has 0 amide bonds. The zero-order valence-corrected chi connectivity index (χ0v) is 15.2. The second kappa shape index (κ2) is 6.45. The average Bonchev–Trinajstić information content (AvgIpc) is 2.60. The second-order valence-corrected chi connectivity index (χ2v) is 7.34. The minimum atomic E-state index is -0.264. The van der Waals surface area contributed by atoms with Gasteiger partial charge in [-0.2, -0.15) is 0 Å². The number of fused-ring (bicyclic) bond motifs is 2. The predicted molar refractivity (Wildman–Crippen MR) is 107 cm³/mol. The largest absolute Gasteiger partial charge is 0.491 e. The molecule has 0 bridgehead atoms. The lowest BCUT2D eigenvalue weighted by molar-refractivity contribution is 0.104. The molecule has 0 atom stereocenters. The van der Waals surface area contributed by atoms with E-state index in [2.05, 4.69) is 36.9 Å². The summed E-state index contributed by atoms with van der Waals surface area (Å²) in [5, 5.41) is 2.34. The van der Waals surface area contributed by atoms with Gasteiger partial charge >= 0.3 is 0 Å². The summed E-state index contributed by atoms with van der Waals surface area (Å²) in [5.74, 6) is 1.76. The molecule has 4 rings (SSSR count). The fraction of sp³-hybridized carbons (Fsp3) is 0.273. The van der Waals surface area contributed by atoms with Crippen LogP contribution in [0.1, 0.15) is 13.8 Å². The Bertz CT molecular complexity index is 931. The Labute approximate surface area is 154 Å². The lowest BCUT2D eigenvalue weighted by Gasteiger charge is -2.41. The number of hydrogen-bond acceptors (Lipinski definition) is 4. The van der Waals surface area contributed by atoms with Crippen molar-refractivity contribution in [2.75, 3.05) is 30.3 Å². The molecule has 4 nitrogen and oxygen atoms in total. The molecule has 3 aromatic carbocycles. The van der Waals surface area contributed by atoms with Gasteiger partial charge in [0.1, 0.15) is 23.7 Å². The van der Waals surface area contributed by atoms with Crippen LogP contribution in [0, 0.1) is 0 Å². The van der Waals surface area contributed by atoms with E-state index < -0.39 is 0 Å². The van der Waals surface area contributed by atoms with E-state index in [1.165, 1.54) is 5.39 Å². The normalized spacial score (nSPS) is 15.4. The monoisotopic (exact) mass is 348 g/mol. The summed E-state index contributed by atoms with van der Waals surface area (Å²) in [4.78, 5) is 2.31. The Hall–Kier alpha value is -2.88. The van der Waals surface area contributed by atoms with Crippen LogP contribution in [0.4, 0.5) is 11.4 Å². The first kappa shape index (κ1) is 16.6. The van der Waals surface area contributed by atoms with Gasteiger partial charge in [-0.3, -0.25) is 0 Å². The van der Waals surface area contributed by atoms with Crippen LogP contribution in [0.2, 0.25) is 0 Å². The van der Waals surface area contributed by atoms with Crippen molar-refractivity contribution < 1.29 is 9.47 Å². The quantitative estimate of drug-likeness (QED) is 0.706. The van der Waals surface area contributed by atoms with Crippen molar-refractivity contribution in [3.05, 3.63) is 60.7 Å². The summed E-state index contributed by atoms with van der Waals surface area (Å²) < 4.78 is 12.2. The fourth-order valence-electron chi connectivity index (χ4n) is 3.54. The molecule has 1 heterocycles. The van der Waals surface area contributed by atoms with Gasteiger partial charge < -0.3 is 20.1 Å². The van der Waals surface area contributed by atoms with Crippen LogP contribution in [0.25, 0.3) is 10.8 Å². The van der Waals surface area contributed by atoms with Crippen molar-refractivity contribution in [1.82, 2.24) is 0 Å². The Morgan fingerprint density at radius 1 is 1.08 bits per heavy atom. The van der Waals surface area contributed by atoms with Gasteiger partial charge in [-0.15, -0.1) is 0 Å². The molecule has 26 heavy (non-hydrogen) atoms. The molecule has 0 aromatic heterocycles. The number of nitrogens with zero attached hydrogens (tertiary/aromatic N) is 1. The first-order valence-corrected chi connectivity index (χ1v) is 8.96. The number of ether oxygens (including phenoxy) is 2. The van der Waals surface area contributed by atoms with Crippen LogP contribution in [0.15, 0.2) is 60.7 Å². The van der Waals surface area contributed by atoms with E-state index in [-0.39, 0.29) is 5.60 Å². The third kappa shape index (κ3) is 3.27. The first-order chi connectivity index (χ1) is 12.5. The van der Waals surface area contributed by atoms with E-state index >= 15 is 0 Å². The molecule has 0 saturated heterocycles. The third-order valence-corrected chi connectivity index (χ3v) is 4.65. The number of nitrogens with two attached hydrogens (primary N) is 1. The van der Waals surface area contributed by atoms with Crippen molar-refractivity contribution in [2.24, 2.45) is 0 Å². The van der Waals surface area contributed by atoms with Gasteiger partial charge in [-0.1, -0.05) is 36.4 Å². The van der Waals surface area contributed by atoms with Gasteiger partial charge in [-0.05, 0) is 37.4 Å². The van der Waals surface area contributed by atoms with Crippen molar-refractivity contribution >= 4 is 22.1 Å². The van der Waals surface area contributed by atoms with Crippen molar-refractivity contribution in [2.45, 2.75) is 19.4 Å². The minimum Gasteiger partial charge on any atom is -0.491 e.